The van der Waals surface area contributed by atoms with Crippen LogP contribution in [0.25, 0.3) is 0 Å². The van der Waals surface area contributed by atoms with Gasteiger partial charge in [0.25, 0.3) is 0 Å². The molecule has 5 nitrogen and oxygen atoms in total. The molecular weight excluding hydrogens is 174 g/mol. The Balaban J connectivity index is 3.44. The van der Waals surface area contributed by atoms with Gasteiger partial charge in [-0.15, -0.1) is 0 Å². The maximum atomic E-state index is 10.9. The average Bonchev–Trinajstić information content (AvgIpc) is 2.05. The molecule has 2 N–H and O–H groups in total. The number of nitrogens with two attached hydrogens (primary N) is 1. The molecule has 0 amide bonds. The van der Waals surface area contributed by atoms with Gasteiger partial charge in [0.05, 0.1) is 13.2 Å². The van der Waals surface area contributed by atoms with Crippen molar-refractivity contribution in [2.45, 2.75) is 13.3 Å². The number of rotatable bonds is 7. The molecule has 0 aromatic rings. The van der Waals surface area contributed by atoms with Crippen LogP contribution in [0.15, 0.2) is 0 Å². The van der Waals surface area contributed by atoms with Gasteiger partial charge < -0.3 is 15.2 Å². The lowest BCUT2D eigenvalue weighted by Gasteiger charge is -2.01. The molecule has 0 aliphatic rings. The average molecular weight is 189 g/mol. The monoisotopic (exact) mass is 189 g/mol. The van der Waals surface area contributed by atoms with Gasteiger partial charge >= 0.3 is 5.97 Å². The molecule has 0 saturated heterocycles. The van der Waals surface area contributed by atoms with Crippen LogP contribution < -0.4 is 5.73 Å². The van der Waals surface area contributed by atoms with E-state index in [1.54, 1.807) is 6.92 Å². The number of ketones is 1. The van der Waals surface area contributed by atoms with Gasteiger partial charge in [-0.3, -0.25) is 9.59 Å². The van der Waals surface area contributed by atoms with Crippen LogP contribution >= 0.6 is 0 Å². The smallest absolute Gasteiger partial charge is 0.313 e. The number of Topliss-reactive ketones (excluding diaryl/α,β-unsaturated/α-hetero) is 1. The van der Waals surface area contributed by atoms with Crippen molar-refractivity contribution in [3.63, 3.8) is 0 Å². The fraction of sp³-hybridized carbons (Fsp3) is 0.750. The Morgan fingerprint density at radius 2 is 2.08 bits per heavy atom. The molecule has 0 spiro atoms. The topological polar surface area (TPSA) is 78.6 Å². The van der Waals surface area contributed by atoms with E-state index in [4.69, 9.17) is 10.5 Å². The Morgan fingerprint density at radius 3 is 2.62 bits per heavy atom. The second-order valence-electron chi connectivity index (χ2n) is 2.36. The van der Waals surface area contributed by atoms with Crippen LogP contribution in [0.4, 0.5) is 0 Å². The number of hydrogen-bond acceptors (Lipinski definition) is 5. The molecule has 5 heteroatoms. The van der Waals surface area contributed by atoms with Crippen molar-refractivity contribution >= 4 is 11.8 Å². The van der Waals surface area contributed by atoms with Crippen molar-refractivity contribution in [3.8, 4) is 0 Å². The summed E-state index contributed by atoms with van der Waals surface area (Å²) in [6.07, 6.45) is -0.224. The van der Waals surface area contributed by atoms with E-state index in [2.05, 4.69) is 4.74 Å². The zero-order chi connectivity index (χ0) is 10.1. The van der Waals surface area contributed by atoms with E-state index in [9.17, 15) is 9.59 Å². The maximum absolute atomic E-state index is 10.9. The zero-order valence-electron chi connectivity index (χ0n) is 7.75. The predicted molar refractivity (Wildman–Crippen MR) is 46.1 cm³/mol. The Labute approximate surface area is 77.2 Å². The first-order valence-corrected chi connectivity index (χ1v) is 4.15. The van der Waals surface area contributed by atoms with Gasteiger partial charge in [-0.1, -0.05) is 0 Å². The summed E-state index contributed by atoms with van der Waals surface area (Å²) in [4.78, 5) is 21.7. The third-order valence-electron chi connectivity index (χ3n) is 1.17. The molecule has 0 radical (unpaired) electrons. The third-order valence-corrected chi connectivity index (χ3v) is 1.17. The highest BCUT2D eigenvalue weighted by Gasteiger charge is 2.09. The lowest BCUT2D eigenvalue weighted by molar-refractivity contribution is -0.146. The van der Waals surface area contributed by atoms with E-state index in [1.807, 2.05) is 0 Å². The number of ether oxygens (including phenoxy) is 2. The normalized spacial score (nSPS) is 9.69. The lowest BCUT2D eigenvalue weighted by Crippen LogP contribution is -2.18. The summed E-state index contributed by atoms with van der Waals surface area (Å²) in [5.41, 5.74) is 5.14. The summed E-state index contributed by atoms with van der Waals surface area (Å²) in [5.74, 6) is -0.796. The first-order valence-electron chi connectivity index (χ1n) is 4.15. The Kier molecular flexibility index (Phi) is 7.14. The summed E-state index contributed by atoms with van der Waals surface area (Å²) in [6.45, 7) is 2.60. The lowest BCUT2D eigenvalue weighted by atomic mass is 10.3. The molecule has 0 heterocycles. The minimum Gasteiger partial charge on any atom is -0.466 e. The summed E-state index contributed by atoms with van der Waals surface area (Å²) >= 11 is 0. The predicted octanol–water partition coefficient (Wildman–Crippen LogP) is -0.516. The van der Waals surface area contributed by atoms with Crippen molar-refractivity contribution < 1.29 is 19.1 Å². The molecular formula is C8H15NO4. The first kappa shape index (κ1) is 12.1. The zero-order valence-corrected chi connectivity index (χ0v) is 7.75. The van der Waals surface area contributed by atoms with E-state index in [-0.39, 0.29) is 25.4 Å². The minimum absolute atomic E-state index is 0.0734. The molecule has 0 rings (SSSR count). The van der Waals surface area contributed by atoms with Crippen molar-refractivity contribution in [1.82, 2.24) is 0 Å². The summed E-state index contributed by atoms with van der Waals surface area (Å²) in [5, 5.41) is 0. The standard InChI is InChI=1S/C8H15NO4/c1-2-13-8(11)5-7(10)6-12-4-3-9/h2-6,9H2,1H3. The number of carbonyl (C=O) groups excluding carboxylic acids is 2. The van der Waals surface area contributed by atoms with E-state index >= 15 is 0 Å². The molecule has 0 bridgehead atoms. The molecule has 0 saturated carbocycles. The number of carbonyl (C=O) groups is 2. The molecule has 0 aliphatic carbocycles. The largest absolute Gasteiger partial charge is 0.466 e. The van der Waals surface area contributed by atoms with Crippen LogP contribution in [0.3, 0.4) is 0 Å². The SMILES string of the molecule is CCOC(=O)CC(=O)COCCN. The number of hydrogen-bond donors (Lipinski definition) is 1. The van der Waals surface area contributed by atoms with Gasteiger partial charge in [0, 0.05) is 6.54 Å². The molecule has 0 fully saturated rings. The van der Waals surface area contributed by atoms with Crippen molar-refractivity contribution in [2.24, 2.45) is 5.73 Å². The molecule has 76 valence electrons. The van der Waals surface area contributed by atoms with Crippen LogP contribution in [0.2, 0.25) is 0 Å². The molecule has 13 heavy (non-hydrogen) atoms. The second-order valence-corrected chi connectivity index (χ2v) is 2.36. The second kappa shape index (κ2) is 7.70. The Hall–Kier alpha value is -0.940. The summed E-state index contributed by atoms with van der Waals surface area (Å²) in [7, 11) is 0. The summed E-state index contributed by atoms with van der Waals surface area (Å²) in [6, 6.07) is 0. The molecule has 0 atom stereocenters. The van der Waals surface area contributed by atoms with Crippen molar-refractivity contribution in [3.05, 3.63) is 0 Å². The molecule has 0 aliphatic heterocycles. The van der Waals surface area contributed by atoms with Gasteiger partial charge in [-0.2, -0.15) is 0 Å². The van der Waals surface area contributed by atoms with Crippen LogP contribution in [0.1, 0.15) is 13.3 Å². The van der Waals surface area contributed by atoms with Gasteiger partial charge in [0.2, 0.25) is 0 Å². The van der Waals surface area contributed by atoms with Crippen LogP contribution in [0, 0.1) is 0 Å². The van der Waals surface area contributed by atoms with Gasteiger partial charge in [-0.25, -0.2) is 0 Å². The molecule has 0 unspecified atom stereocenters. The van der Waals surface area contributed by atoms with E-state index in [0.29, 0.717) is 13.2 Å². The van der Waals surface area contributed by atoms with Crippen molar-refractivity contribution in [1.29, 1.82) is 0 Å². The van der Waals surface area contributed by atoms with E-state index < -0.39 is 5.97 Å². The maximum Gasteiger partial charge on any atom is 0.313 e. The van der Waals surface area contributed by atoms with E-state index in [0.717, 1.165) is 0 Å². The Morgan fingerprint density at radius 1 is 1.38 bits per heavy atom. The third kappa shape index (κ3) is 7.42. The van der Waals surface area contributed by atoms with Crippen LogP contribution in [0.5, 0.6) is 0 Å². The molecule has 0 aromatic carbocycles. The van der Waals surface area contributed by atoms with Crippen molar-refractivity contribution in [2.75, 3.05) is 26.4 Å². The quantitative estimate of drug-likeness (QED) is 0.331. The Bertz CT molecular complexity index is 170. The highest BCUT2D eigenvalue weighted by atomic mass is 16.5. The van der Waals surface area contributed by atoms with Crippen LogP contribution in [-0.2, 0) is 19.1 Å². The first-order chi connectivity index (χ1) is 6.20. The molecule has 0 aromatic heterocycles. The highest BCUT2D eigenvalue weighted by molar-refractivity contribution is 5.96. The van der Waals surface area contributed by atoms with Crippen LogP contribution in [-0.4, -0.2) is 38.1 Å². The van der Waals surface area contributed by atoms with Gasteiger partial charge in [0.15, 0.2) is 5.78 Å². The fourth-order valence-electron chi connectivity index (χ4n) is 0.693. The van der Waals surface area contributed by atoms with Gasteiger partial charge in [0.1, 0.15) is 13.0 Å². The van der Waals surface area contributed by atoms with Gasteiger partial charge in [-0.05, 0) is 6.92 Å². The fourth-order valence-corrected chi connectivity index (χ4v) is 0.693. The highest BCUT2D eigenvalue weighted by Crippen LogP contribution is 1.89. The number of esters is 1. The summed E-state index contributed by atoms with van der Waals surface area (Å²) < 4.78 is 9.42. The van der Waals surface area contributed by atoms with E-state index in [1.165, 1.54) is 0 Å². The minimum atomic E-state index is -0.510.